The van der Waals surface area contributed by atoms with Crippen LogP contribution in [0.1, 0.15) is 70.0 Å². The van der Waals surface area contributed by atoms with Gasteiger partial charge in [-0.1, -0.05) is 32.9 Å². The highest BCUT2D eigenvalue weighted by molar-refractivity contribution is 6.05. The fourth-order valence-electron chi connectivity index (χ4n) is 4.02. The molecule has 3 nitrogen and oxygen atoms in total. The Labute approximate surface area is 164 Å². The van der Waals surface area contributed by atoms with Gasteiger partial charge >= 0.3 is 0 Å². The lowest BCUT2D eigenvalue weighted by atomic mass is 9.93. The molecule has 3 heteroatoms. The number of rotatable bonds is 7. The smallest absolute Gasteiger partial charge is 0.0904 e. The monoisotopic (exact) mass is 366 g/mol. The summed E-state index contributed by atoms with van der Waals surface area (Å²) >= 11 is 0. The van der Waals surface area contributed by atoms with Crippen molar-refractivity contribution < 1.29 is 4.74 Å². The van der Waals surface area contributed by atoms with E-state index in [2.05, 4.69) is 65.6 Å². The number of H-pyrrole nitrogens is 1. The molecule has 0 bridgehead atoms. The lowest BCUT2D eigenvalue weighted by Gasteiger charge is -2.13. The maximum absolute atomic E-state index is 5.46. The highest BCUT2D eigenvalue weighted by Gasteiger charge is 2.25. The first-order valence-corrected chi connectivity index (χ1v) is 9.99. The standard InChI is InChI=1S/C24H34N2O/c1-9-12-13-19(14-27-8)22(23-15(4)20(10-2)17(6)25-23)24-16(5)21(11-3)18(7)26-24/h12-14,25H,9-11H2,1-8H3/b13-12-,19-14+,24-22-. The van der Waals surface area contributed by atoms with Crippen LogP contribution < -0.4 is 0 Å². The molecule has 1 aromatic rings. The molecule has 1 aromatic heterocycles. The molecule has 2 heterocycles. The summed E-state index contributed by atoms with van der Waals surface area (Å²) in [5.74, 6) is 0. The lowest BCUT2D eigenvalue weighted by Crippen LogP contribution is -1.98. The molecule has 1 aliphatic heterocycles. The molecule has 0 fully saturated rings. The minimum Gasteiger partial charge on any atom is -0.504 e. The average Bonchev–Trinajstić information content (AvgIpc) is 3.08. The van der Waals surface area contributed by atoms with Crippen LogP contribution in [-0.4, -0.2) is 17.8 Å². The number of aromatic nitrogens is 1. The number of aryl methyl sites for hydroxylation is 1. The first kappa shape index (κ1) is 21.0. The maximum Gasteiger partial charge on any atom is 0.0904 e. The zero-order valence-electron chi connectivity index (χ0n) is 18.2. The Balaban J connectivity index is 2.87. The number of aliphatic imine (C=N–C) groups is 1. The third-order valence-electron chi connectivity index (χ3n) is 5.38. The van der Waals surface area contributed by atoms with E-state index in [0.717, 1.165) is 47.5 Å². The second-order valence-corrected chi connectivity index (χ2v) is 7.08. The third-order valence-corrected chi connectivity index (χ3v) is 5.38. The van der Waals surface area contributed by atoms with Crippen LogP contribution in [0.2, 0.25) is 0 Å². The minimum atomic E-state index is 0.976. The van der Waals surface area contributed by atoms with Crippen LogP contribution in [0.3, 0.4) is 0 Å². The van der Waals surface area contributed by atoms with Crippen LogP contribution in [0.15, 0.2) is 45.8 Å². The van der Waals surface area contributed by atoms with Gasteiger partial charge in [0.1, 0.15) is 0 Å². The highest BCUT2D eigenvalue weighted by atomic mass is 16.5. The molecule has 146 valence electrons. The molecular weight excluding hydrogens is 332 g/mol. The van der Waals surface area contributed by atoms with E-state index >= 15 is 0 Å². The van der Waals surface area contributed by atoms with E-state index in [-0.39, 0.29) is 0 Å². The molecule has 0 atom stereocenters. The van der Waals surface area contributed by atoms with Crippen molar-refractivity contribution in [1.29, 1.82) is 0 Å². The summed E-state index contributed by atoms with van der Waals surface area (Å²) in [6, 6.07) is 0. The van der Waals surface area contributed by atoms with Crippen LogP contribution in [0.25, 0.3) is 5.57 Å². The summed E-state index contributed by atoms with van der Waals surface area (Å²) < 4.78 is 5.46. The van der Waals surface area contributed by atoms with Gasteiger partial charge < -0.3 is 9.72 Å². The van der Waals surface area contributed by atoms with Crippen LogP contribution >= 0.6 is 0 Å². The summed E-state index contributed by atoms with van der Waals surface area (Å²) in [5, 5.41) is 0. The van der Waals surface area contributed by atoms with Gasteiger partial charge in [-0.15, -0.1) is 0 Å². The van der Waals surface area contributed by atoms with E-state index in [0.29, 0.717) is 0 Å². The molecule has 0 aliphatic carbocycles. The van der Waals surface area contributed by atoms with Gasteiger partial charge in [-0.2, -0.15) is 0 Å². The second-order valence-electron chi connectivity index (χ2n) is 7.08. The number of allylic oxidation sites excluding steroid dienone is 6. The van der Waals surface area contributed by atoms with Crippen molar-refractivity contribution >= 4 is 11.3 Å². The Morgan fingerprint density at radius 3 is 2.26 bits per heavy atom. The van der Waals surface area contributed by atoms with E-state index in [9.17, 15) is 0 Å². The van der Waals surface area contributed by atoms with E-state index in [1.54, 1.807) is 7.11 Å². The predicted octanol–water partition coefficient (Wildman–Crippen LogP) is 6.60. The molecule has 0 saturated carbocycles. The molecule has 0 aromatic carbocycles. The quantitative estimate of drug-likeness (QED) is 0.428. The van der Waals surface area contributed by atoms with Crippen LogP contribution in [0.4, 0.5) is 0 Å². The van der Waals surface area contributed by atoms with E-state index < -0.39 is 0 Å². The van der Waals surface area contributed by atoms with Crippen molar-refractivity contribution in [2.45, 2.75) is 67.7 Å². The van der Waals surface area contributed by atoms with Crippen molar-refractivity contribution in [2.75, 3.05) is 7.11 Å². The Bertz CT molecular complexity index is 857. The van der Waals surface area contributed by atoms with Crippen molar-refractivity contribution in [2.24, 2.45) is 4.99 Å². The van der Waals surface area contributed by atoms with Gasteiger partial charge in [-0.3, -0.25) is 4.99 Å². The number of nitrogens with zero attached hydrogens (tertiary/aromatic N) is 1. The summed E-state index contributed by atoms with van der Waals surface area (Å²) in [4.78, 5) is 8.63. The van der Waals surface area contributed by atoms with Gasteiger partial charge in [-0.05, 0) is 69.2 Å². The molecule has 0 radical (unpaired) electrons. The molecule has 0 amide bonds. The lowest BCUT2D eigenvalue weighted by molar-refractivity contribution is 0.336. The van der Waals surface area contributed by atoms with Gasteiger partial charge in [0.2, 0.25) is 0 Å². The first-order chi connectivity index (χ1) is 12.9. The Hall–Kier alpha value is -2.29. The number of ether oxygens (including phenoxy) is 1. The first-order valence-electron chi connectivity index (χ1n) is 9.99. The van der Waals surface area contributed by atoms with Gasteiger partial charge in [0.15, 0.2) is 0 Å². The highest BCUT2D eigenvalue weighted by Crippen LogP contribution is 2.39. The summed E-state index contributed by atoms with van der Waals surface area (Å²) in [6.07, 6.45) is 9.14. The zero-order valence-corrected chi connectivity index (χ0v) is 18.2. The number of aromatic amines is 1. The van der Waals surface area contributed by atoms with Crippen LogP contribution in [-0.2, 0) is 11.2 Å². The predicted molar refractivity (Wildman–Crippen MR) is 117 cm³/mol. The van der Waals surface area contributed by atoms with Gasteiger partial charge in [0.05, 0.1) is 24.8 Å². The maximum atomic E-state index is 5.46. The SMILES string of the molecule is CC\C=C/C(=C\OC)C(=C1/N=C(C)C(CC)=C1C)/c1[nH]c(C)c(CC)c1C. The van der Waals surface area contributed by atoms with Crippen molar-refractivity contribution in [3.63, 3.8) is 0 Å². The number of hydrogen-bond acceptors (Lipinski definition) is 2. The second kappa shape index (κ2) is 9.07. The van der Waals surface area contributed by atoms with E-state index in [1.807, 2.05) is 6.26 Å². The third kappa shape index (κ3) is 4.02. The molecule has 0 spiro atoms. The number of hydrogen-bond donors (Lipinski definition) is 1. The minimum absolute atomic E-state index is 0.976. The molecule has 1 aliphatic rings. The Morgan fingerprint density at radius 1 is 1.07 bits per heavy atom. The fraction of sp³-hybridized carbons (Fsp3) is 0.458. The molecular formula is C24H34N2O. The molecule has 0 unspecified atom stereocenters. The number of nitrogens with one attached hydrogen (secondary N) is 1. The van der Waals surface area contributed by atoms with Gasteiger partial charge in [0.25, 0.3) is 0 Å². The van der Waals surface area contributed by atoms with Crippen molar-refractivity contribution in [1.82, 2.24) is 4.98 Å². The number of methoxy groups -OCH3 is 1. The normalized spacial score (nSPS) is 17.2. The molecule has 27 heavy (non-hydrogen) atoms. The molecule has 1 N–H and O–H groups in total. The molecule has 2 rings (SSSR count). The van der Waals surface area contributed by atoms with Gasteiger partial charge in [0, 0.05) is 22.6 Å². The summed E-state index contributed by atoms with van der Waals surface area (Å²) in [6.45, 7) is 15.2. The van der Waals surface area contributed by atoms with Crippen molar-refractivity contribution in [3.05, 3.63) is 63.3 Å². The Morgan fingerprint density at radius 2 is 1.78 bits per heavy atom. The van der Waals surface area contributed by atoms with Gasteiger partial charge in [-0.25, -0.2) is 0 Å². The fourth-order valence-corrected chi connectivity index (χ4v) is 4.02. The van der Waals surface area contributed by atoms with Crippen molar-refractivity contribution in [3.8, 4) is 0 Å². The van der Waals surface area contributed by atoms with E-state index in [1.165, 1.54) is 28.0 Å². The summed E-state index contributed by atoms with van der Waals surface area (Å²) in [5.41, 5.74) is 12.0. The van der Waals surface area contributed by atoms with E-state index in [4.69, 9.17) is 9.73 Å². The largest absolute Gasteiger partial charge is 0.504 e. The van der Waals surface area contributed by atoms with Crippen LogP contribution in [0, 0.1) is 13.8 Å². The topological polar surface area (TPSA) is 37.4 Å². The average molecular weight is 367 g/mol. The molecule has 0 saturated heterocycles. The summed E-state index contributed by atoms with van der Waals surface area (Å²) in [7, 11) is 1.70. The Kier molecular flexibility index (Phi) is 7.06. The zero-order chi connectivity index (χ0) is 20.1. The van der Waals surface area contributed by atoms with Crippen LogP contribution in [0.5, 0.6) is 0 Å².